The molecule has 0 spiro atoms. The highest BCUT2D eigenvalue weighted by atomic mass is 16.5. The monoisotopic (exact) mass is 321 g/mol. The number of hydrogen-bond donors (Lipinski definition) is 0. The molecular formula is C19H15NO4. The number of ether oxygens (including phenoxy) is 1. The summed E-state index contributed by atoms with van der Waals surface area (Å²) >= 11 is 0. The third-order valence-corrected chi connectivity index (χ3v) is 3.87. The molecule has 1 aromatic carbocycles. The lowest BCUT2D eigenvalue weighted by Crippen LogP contribution is -2.05. The molecule has 0 bridgehead atoms. The first-order valence-electron chi connectivity index (χ1n) is 7.37. The molecule has 0 atom stereocenters. The molecule has 0 saturated heterocycles. The SMILES string of the molecule is COC(=O)c1cc(C(=O)c2ccc(C(C)=O)cc2)n2ccccc12. The van der Waals surface area contributed by atoms with E-state index in [0.29, 0.717) is 27.9 Å². The fraction of sp³-hybridized carbons (Fsp3) is 0.105. The second-order valence-corrected chi connectivity index (χ2v) is 5.35. The second-order valence-electron chi connectivity index (χ2n) is 5.35. The fourth-order valence-electron chi connectivity index (χ4n) is 2.61. The average Bonchev–Trinajstić information content (AvgIpc) is 3.00. The van der Waals surface area contributed by atoms with Crippen LogP contribution in [0.4, 0.5) is 0 Å². The summed E-state index contributed by atoms with van der Waals surface area (Å²) < 4.78 is 6.44. The van der Waals surface area contributed by atoms with Crippen molar-refractivity contribution in [3.8, 4) is 0 Å². The molecule has 0 unspecified atom stereocenters. The summed E-state index contributed by atoms with van der Waals surface area (Å²) in [5.41, 5.74) is 2.29. The number of carbonyl (C=O) groups is 3. The zero-order chi connectivity index (χ0) is 17.3. The molecule has 2 aromatic heterocycles. The highest BCUT2D eigenvalue weighted by molar-refractivity contribution is 6.11. The van der Waals surface area contributed by atoms with E-state index in [1.807, 2.05) is 0 Å². The molecule has 0 aliphatic rings. The molecule has 0 N–H and O–H groups in total. The van der Waals surface area contributed by atoms with Crippen LogP contribution in [-0.4, -0.2) is 29.0 Å². The van der Waals surface area contributed by atoms with Gasteiger partial charge < -0.3 is 9.14 Å². The van der Waals surface area contributed by atoms with Crippen LogP contribution in [-0.2, 0) is 4.74 Å². The summed E-state index contributed by atoms with van der Waals surface area (Å²) in [5.74, 6) is -0.791. The normalized spacial score (nSPS) is 10.6. The Hall–Kier alpha value is -3.21. The number of hydrogen-bond acceptors (Lipinski definition) is 4. The zero-order valence-corrected chi connectivity index (χ0v) is 13.3. The molecule has 0 aliphatic carbocycles. The van der Waals surface area contributed by atoms with Gasteiger partial charge in [-0.05, 0) is 25.1 Å². The van der Waals surface area contributed by atoms with Gasteiger partial charge in [0.2, 0.25) is 5.78 Å². The third kappa shape index (κ3) is 2.60. The summed E-state index contributed by atoms with van der Waals surface area (Å²) in [6, 6.07) is 13.3. The van der Waals surface area contributed by atoms with Crippen molar-refractivity contribution in [1.82, 2.24) is 4.40 Å². The molecule has 0 amide bonds. The number of fused-ring (bicyclic) bond motifs is 1. The van der Waals surface area contributed by atoms with Crippen LogP contribution in [0.25, 0.3) is 5.52 Å². The molecule has 3 rings (SSSR count). The highest BCUT2D eigenvalue weighted by Gasteiger charge is 2.20. The summed E-state index contributed by atoms with van der Waals surface area (Å²) in [7, 11) is 1.30. The Morgan fingerprint density at radius 1 is 0.958 bits per heavy atom. The number of nitrogens with zero attached hydrogens (tertiary/aromatic N) is 1. The van der Waals surface area contributed by atoms with Crippen LogP contribution in [0.1, 0.15) is 43.7 Å². The molecular weight excluding hydrogens is 306 g/mol. The quantitative estimate of drug-likeness (QED) is 0.547. The van der Waals surface area contributed by atoms with Crippen molar-refractivity contribution in [2.75, 3.05) is 7.11 Å². The van der Waals surface area contributed by atoms with E-state index in [9.17, 15) is 14.4 Å². The number of Topliss-reactive ketones (excluding diaryl/α,β-unsaturated/α-hetero) is 1. The Kier molecular flexibility index (Phi) is 4.00. The predicted molar refractivity (Wildman–Crippen MR) is 88.6 cm³/mol. The van der Waals surface area contributed by atoms with Gasteiger partial charge in [-0.15, -0.1) is 0 Å². The van der Waals surface area contributed by atoms with Gasteiger partial charge in [-0.2, -0.15) is 0 Å². The first-order valence-corrected chi connectivity index (χ1v) is 7.37. The van der Waals surface area contributed by atoms with Crippen molar-refractivity contribution in [2.24, 2.45) is 0 Å². The first-order chi connectivity index (χ1) is 11.5. The van der Waals surface area contributed by atoms with Gasteiger partial charge in [-0.1, -0.05) is 30.3 Å². The number of esters is 1. The van der Waals surface area contributed by atoms with E-state index in [1.165, 1.54) is 20.1 Å². The van der Waals surface area contributed by atoms with E-state index in [0.717, 1.165) is 0 Å². The molecule has 0 fully saturated rings. The van der Waals surface area contributed by atoms with E-state index < -0.39 is 5.97 Å². The van der Waals surface area contributed by atoms with E-state index in [1.54, 1.807) is 53.1 Å². The fourth-order valence-corrected chi connectivity index (χ4v) is 2.61. The van der Waals surface area contributed by atoms with Crippen LogP contribution in [0.2, 0.25) is 0 Å². The standard InChI is InChI=1S/C19H15NO4/c1-12(21)13-6-8-14(9-7-13)18(22)17-11-15(19(23)24-2)16-5-3-4-10-20(16)17/h3-11H,1-2H3. The van der Waals surface area contributed by atoms with Gasteiger partial charge in [0.15, 0.2) is 5.78 Å². The van der Waals surface area contributed by atoms with Gasteiger partial charge in [0.05, 0.1) is 23.9 Å². The maximum atomic E-state index is 12.8. The van der Waals surface area contributed by atoms with Crippen molar-refractivity contribution in [2.45, 2.75) is 6.92 Å². The molecule has 120 valence electrons. The van der Waals surface area contributed by atoms with E-state index in [-0.39, 0.29) is 11.6 Å². The van der Waals surface area contributed by atoms with Gasteiger partial charge in [0, 0.05) is 17.3 Å². The molecule has 24 heavy (non-hydrogen) atoms. The van der Waals surface area contributed by atoms with Gasteiger partial charge in [-0.3, -0.25) is 9.59 Å². The minimum atomic E-state index is -0.496. The molecule has 5 heteroatoms. The number of rotatable bonds is 4. The van der Waals surface area contributed by atoms with Crippen LogP contribution in [0.15, 0.2) is 54.7 Å². The first kappa shape index (κ1) is 15.7. The van der Waals surface area contributed by atoms with Crippen molar-refractivity contribution in [3.05, 3.63) is 77.1 Å². The van der Waals surface area contributed by atoms with Crippen molar-refractivity contribution >= 4 is 23.1 Å². The van der Waals surface area contributed by atoms with Crippen LogP contribution in [0.3, 0.4) is 0 Å². The topological polar surface area (TPSA) is 64.9 Å². The van der Waals surface area contributed by atoms with Crippen molar-refractivity contribution in [3.63, 3.8) is 0 Å². The van der Waals surface area contributed by atoms with Gasteiger partial charge in [-0.25, -0.2) is 4.79 Å². The Labute approximate surface area is 138 Å². The van der Waals surface area contributed by atoms with Crippen molar-refractivity contribution < 1.29 is 19.1 Å². The van der Waals surface area contributed by atoms with Crippen LogP contribution in [0, 0.1) is 0 Å². The molecule has 0 aliphatic heterocycles. The smallest absolute Gasteiger partial charge is 0.340 e. The lowest BCUT2D eigenvalue weighted by molar-refractivity contribution is 0.0603. The number of ketones is 2. The number of methoxy groups -OCH3 is 1. The third-order valence-electron chi connectivity index (χ3n) is 3.87. The van der Waals surface area contributed by atoms with E-state index in [4.69, 9.17) is 4.74 Å². The number of pyridine rings is 1. The molecule has 0 radical (unpaired) electrons. The van der Waals surface area contributed by atoms with Crippen molar-refractivity contribution in [1.29, 1.82) is 0 Å². The molecule has 5 nitrogen and oxygen atoms in total. The van der Waals surface area contributed by atoms with Gasteiger partial charge in [0.25, 0.3) is 0 Å². The van der Waals surface area contributed by atoms with Crippen LogP contribution in [0.5, 0.6) is 0 Å². The molecule has 2 heterocycles. The minimum absolute atomic E-state index is 0.0601. The van der Waals surface area contributed by atoms with Gasteiger partial charge >= 0.3 is 5.97 Å². The summed E-state index contributed by atoms with van der Waals surface area (Å²) in [6.45, 7) is 1.47. The Morgan fingerprint density at radius 2 is 1.62 bits per heavy atom. The lowest BCUT2D eigenvalue weighted by Gasteiger charge is -2.03. The largest absolute Gasteiger partial charge is 0.465 e. The maximum Gasteiger partial charge on any atom is 0.340 e. The number of aromatic nitrogens is 1. The number of carbonyl (C=O) groups excluding carboxylic acids is 3. The highest BCUT2D eigenvalue weighted by Crippen LogP contribution is 2.21. The predicted octanol–water partition coefficient (Wildman–Crippen LogP) is 3.16. The lowest BCUT2D eigenvalue weighted by atomic mass is 10.0. The second kappa shape index (κ2) is 6.12. The Morgan fingerprint density at radius 3 is 2.25 bits per heavy atom. The summed E-state index contributed by atoms with van der Waals surface area (Å²) in [5, 5.41) is 0. The number of benzene rings is 1. The maximum absolute atomic E-state index is 12.8. The van der Waals surface area contributed by atoms with Crippen LogP contribution < -0.4 is 0 Å². The summed E-state index contributed by atoms with van der Waals surface area (Å²) in [6.07, 6.45) is 1.72. The minimum Gasteiger partial charge on any atom is -0.465 e. The van der Waals surface area contributed by atoms with Crippen LogP contribution >= 0.6 is 0 Å². The Balaban J connectivity index is 2.10. The van der Waals surface area contributed by atoms with E-state index in [2.05, 4.69) is 0 Å². The molecule has 3 aromatic rings. The Bertz CT molecular complexity index is 951. The van der Waals surface area contributed by atoms with E-state index >= 15 is 0 Å². The summed E-state index contributed by atoms with van der Waals surface area (Å²) in [4.78, 5) is 36.1. The zero-order valence-electron chi connectivity index (χ0n) is 13.3. The van der Waals surface area contributed by atoms with Gasteiger partial charge in [0.1, 0.15) is 0 Å². The average molecular weight is 321 g/mol. The molecule has 0 saturated carbocycles.